The summed E-state index contributed by atoms with van der Waals surface area (Å²) in [6, 6.07) is 5.40. The summed E-state index contributed by atoms with van der Waals surface area (Å²) < 4.78 is 16.0. The molecule has 0 amide bonds. The third-order valence-electron chi connectivity index (χ3n) is 2.73. The molecule has 4 heteroatoms. The number of benzene rings is 1. The number of hydrogen-bond acceptors (Lipinski definition) is 4. The summed E-state index contributed by atoms with van der Waals surface area (Å²) in [5.41, 5.74) is 6.20. The molecule has 0 aliphatic rings. The number of rotatable bonds is 6. The summed E-state index contributed by atoms with van der Waals surface area (Å²) in [7, 11) is 3.29. The first-order valence-electron chi connectivity index (χ1n) is 5.60. The summed E-state index contributed by atoms with van der Waals surface area (Å²) in [6.07, 6.45) is 0.815. The Morgan fingerprint density at radius 2 is 1.94 bits per heavy atom. The first-order valence-corrected chi connectivity index (χ1v) is 5.60. The van der Waals surface area contributed by atoms with E-state index in [0.29, 0.717) is 18.0 Å². The van der Waals surface area contributed by atoms with Crippen molar-refractivity contribution < 1.29 is 14.2 Å². The number of anilines is 1. The maximum Gasteiger partial charge on any atom is 0.142 e. The molecule has 0 heterocycles. The van der Waals surface area contributed by atoms with Gasteiger partial charge in [-0.1, -0.05) is 0 Å². The van der Waals surface area contributed by atoms with Crippen LogP contribution in [0.3, 0.4) is 0 Å². The molecule has 1 rings (SSSR count). The van der Waals surface area contributed by atoms with Crippen LogP contribution in [0.1, 0.15) is 20.3 Å². The minimum atomic E-state index is -0.169. The van der Waals surface area contributed by atoms with Crippen LogP contribution in [-0.4, -0.2) is 26.4 Å². The number of nitrogen functional groups attached to an aromatic ring is 1. The average molecular weight is 239 g/mol. The van der Waals surface area contributed by atoms with Crippen molar-refractivity contribution in [1.29, 1.82) is 0 Å². The third-order valence-corrected chi connectivity index (χ3v) is 2.73. The van der Waals surface area contributed by atoms with Gasteiger partial charge in [0, 0.05) is 19.6 Å². The summed E-state index contributed by atoms with van der Waals surface area (Å²) in [6.45, 7) is 4.64. The zero-order valence-corrected chi connectivity index (χ0v) is 10.9. The van der Waals surface area contributed by atoms with E-state index in [-0.39, 0.29) is 5.60 Å². The van der Waals surface area contributed by atoms with Crippen molar-refractivity contribution in [3.05, 3.63) is 18.2 Å². The lowest BCUT2D eigenvalue weighted by molar-refractivity contribution is 0.00546. The standard InChI is InChI=1S/C13H21NO3/c1-13(2,16-4)7-8-17-10-5-6-12(15-3)11(14)9-10/h5-6,9H,7-8,14H2,1-4H3. The maximum atomic E-state index is 5.79. The monoisotopic (exact) mass is 239 g/mol. The molecule has 0 radical (unpaired) electrons. The highest BCUT2D eigenvalue weighted by Gasteiger charge is 2.16. The van der Waals surface area contributed by atoms with Crippen LogP contribution in [0.25, 0.3) is 0 Å². The van der Waals surface area contributed by atoms with E-state index in [2.05, 4.69) is 0 Å². The fourth-order valence-corrected chi connectivity index (χ4v) is 1.32. The summed E-state index contributed by atoms with van der Waals surface area (Å²) in [4.78, 5) is 0. The molecule has 0 aliphatic heterocycles. The topological polar surface area (TPSA) is 53.7 Å². The largest absolute Gasteiger partial charge is 0.495 e. The van der Waals surface area contributed by atoms with Crippen molar-refractivity contribution in [2.45, 2.75) is 25.9 Å². The molecule has 0 aliphatic carbocycles. The second-order valence-electron chi connectivity index (χ2n) is 4.47. The van der Waals surface area contributed by atoms with Crippen LogP contribution in [0.15, 0.2) is 18.2 Å². The molecule has 2 N–H and O–H groups in total. The molecule has 0 unspecified atom stereocenters. The van der Waals surface area contributed by atoms with Gasteiger partial charge in [0.25, 0.3) is 0 Å². The molecule has 96 valence electrons. The van der Waals surface area contributed by atoms with Crippen LogP contribution >= 0.6 is 0 Å². The van der Waals surface area contributed by atoms with E-state index in [4.69, 9.17) is 19.9 Å². The van der Waals surface area contributed by atoms with Gasteiger partial charge >= 0.3 is 0 Å². The molecule has 4 nitrogen and oxygen atoms in total. The maximum absolute atomic E-state index is 5.79. The zero-order chi connectivity index (χ0) is 12.9. The molecule has 0 atom stereocenters. The van der Waals surface area contributed by atoms with Gasteiger partial charge < -0.3 is 19.9 Å². The lowest BCUT2D eigenvalue weighted by atomic mass is 10.1. The quantitative estimate of drug-likeness (QED) is 0.775. The Balaban J connectivity index is 2.50. The van der Waals surface area contributed by atoms with Gasteiger partial charge in [0.15, 0.2) is 0 Å². The molecule has 0 saturated heterocycles. The van der Waals surface area contributed by atoms with Gasteiger partial charge in [0.1, 0.15) is 11.5 Å². The van der Waals surface area contributed by atoms with Crippen LogP contribution < -0.4 is 15.2 Å². The summed E-state index contributed by atoms with van der Waals surface area (Å²) in [5, 5.41) is 0. The Morgan fingerprint density at radius 1 is 1.24 bits per heavy atom. The van der Waals surface area contributed by atoms with Crippen molar-refractivity contribution in [3.8, 4) is 11.5 Å². The number of hydrogen-bond donors (Lipinski definition) is 1. The fourth-order valence-electron chi connectivity index (χ4n) is 1.32. The Bertz CT molecular complexity index is 364. The highest BCUT2D eigenvalue weighted by atomic mass is 16.5. The van der Waals surface area contributed by atoms with E-state index in [9.17, 15) is 0 Å². The molecule has 1 aromatic rings. The lowest BCUT2D eigenvalue weighted by Gasteiger charge is -2.22. The Hall–Kier alpha value is -1.42. The SMILES string of the molecule is COc1ccc(OCCC(C)(C)OC)cc1N. The van der Waals surface area contributed by atoms with Crippen LogP contribution in [-0.2, 0) is 4.74 Å². The van der Waals surface area contributed by atoms with Crippen molar-refractivity contribution in [2.24, 2.45) is 0 Å². The second-order valence-corrected chi connectivity index (χ2v) is 4.47. The number of ether oxygens (including phenoxy) is 3. The summed E-state index contributed by atoms with van der Waals surface area (Å²) in [5.74, 6) is 1.41. The number of methoxy groups -OCH3 is 2. The van der Waals surface area contributed by atoms with E-state index >= 15 is 0 Å². The van der Waals surface area contributed by atoms with Gasteiger partial charge in [0.05, 0.1) is 25.0 Å². The first-order chi connectivity index (χ1) is 7.98. The molecule has 0 saturated carbocycles. The molecule has 17 heavy (non-hydrogen) atoms. The van der Waals surface area contributed by atoms with E-state index in [1.807, 2.05) is 19.9 Å². The van der Waals surface area contributed by atoms with E-state index in [1.165, 1.54) is 0 Å². The predicted octanol–water partition coefficient (Wildman–Crippen LogP) is 2.47. The Kier molecular flexibility index (Phi) is 4.63. The molecule has 0 aromatic heterocycles. The Morgan fingerprint density at radius 3 is 2.47 bits per heavy atom. The third kappa shape index (κ3) is 4.15. The normalized spacial score (nSPS) is 11.3. The van der Waals surface area contributed by atoms with Gasteiger partial charge in [-0.3, -0.25) is 0 Å². The van der Waals surface area contributed by atoms with Crippen molar-refractivity contribution in [3.63, 3.8) is 0 Å². The molecular formula is C13H21NO3. The lowest BCUT2D eigenvalue weighted by Crippen LogP contribution is -2.25. The summed E-state index contributed by atoms with van der Waals surface area (Å²) >= 11 is 0. The van der Waals surface area contributed by atoms with Crippen molar-refractivity contribution >= 4 is 5.69 Å². The van der Waals surface area contributed by atoms with E-state index in [1.54, 1.807) is 26.4 Å². The van der Waals surface area contributed by atoms with Crippen molar-refractivity contribution in [1.82, 2.24) is 0 Å². The van der Waals surface area contributed by atoms with Crippen LogP contribution in [0.5, 0.6) is 11.5 Å². The van der Waals surface area contributed by atoms with Gasteiger partial charge in [-0.2, -0.15) is 0 Å². The smallest absolute Gasteiger partial charge is 0.142 e. The van der Waals surface area contributed by atoms with E-state index in [0.717, 1.165) is 12.2 Å². The zero-order valence-electron chi connectivity index (χ0n) is 10.9. The minimum absolute atomic E-state index is 0.169. The van der Waals surface area contributed by atoms with Crippen molar-refractivity contribution in [2.75, 3.05) is 26.6 Å². The van der Waals surface area contributed by atoms with Crippen LogP contribution in [0, 0.1) is 0 Å². The van der Waals surface area contributed by atoms with Crippen LogP contribution in [0.4, 0.5) is 5.69 Å². The first kappa shape index (κ1) is 13.6. The molecule has 0 fully saturated rings. The van der Waals surface area contributed by atoms with Crippen LogP contribution in [0.2, 0.25) is 0 Å². The van der Waals surface area contributed by atoms with Gasteiger partial charge in [0.2, 0.25) is 0 Å². The Labute approximate surface area is 103 Å². The number of nitrogens with two attached hydrogens (primary N) is 1. The highest BCUT2D eigenvalue weighted by molar-refractivity contribution is 5.56. The predicted molar refractivity (Wildman–Crippen MR) is 68.6 cm³/mol. The highest BCUT2D eigenvalue weighted by Crippen LogP contribution is 2.26. The van der Waals surface area contributed by atoms with Gasteiger partial charge in [-0.15, -0.1) is 0 Å². The average Bonchev–Trinajstić information content (AvgIpc) is 2.29. The second kappa shape index (κ2) is 5.77. The molecule has 0 spiro atoms. The van der Waals surface area contributed by atoms with Gasteiger partial charge in [-0.25, -0.2) is 0 Å². The van der Waals surface area contributed by atoms with Gasteiger partial charge in [-0.05, 0) is 26.0 Å². The minimum Gasteiger partial charge on any atom is -0.495 e. The van der Waals surface area contributed by atoms with E-state index < -0.39 is 0 Å². The fraction of sp³-hybridized carbons (Fsp3) is 0.538. The molecular weight excluding hydrogens is 218 g/mol. The molecule has 0 bridgehead atoms. The molecule has 1 aromatic carbocycles.